The molecule has 1 heterocycles. The van der Waals surface area contributed by atoms with Crippen LogP contribution in [0.15, 0.2) is 48.5 Å². The first-order valence-corrected chi connectivity index (χ1v) is 8.17. The van der Waals surface area contributed by atoms with Gasteiger partial charge in [0.25, 0.3) is 0 Å². The maximum absolute atomic E-state index is 12.1. The van der Waals surface area contributed by atoms with E-state index in [-0.39, 0.29) is 5.91 Å². The summed E-state index contributed by atoms with van der Waals surface area (Å²) in [5.74, 6) is 0.240. The lowest BCUT2D eigenvalue weighted by Crippen LogP contribution is -2.09. The zero-order valence-electron chi connectivity index (χ0n) is 14.0. The summed E-state index contributed by atoms with van der Waals surface area (Å²) in [6.07, 6.45) is 4.11. The van der Waals surface area contributed by atoms with Crippen molar-refractivity contribution in [1.82, 2.24) is 0 Å². The first-order chi connectivity index (χ1) is 12.2. The van der Waals surface area contributed by atoms with Crippen LogP contribution in [0.3, 0.4) is 0 Å². The predicted octanol–water partition coefficient (Wildman–Crippen LogP) is 3.45. The third kappa shape index (κ3) is 4.26. The Morgan fingerprint density at radius 3 is 2.96 bits per heavy atom. The number of carbonyl (C=O) groups excluding carboxylic acids is 2. The van der Waals surface area contributed by atoms with Gasteiger partial charge in [0, 0.05) is 18.2 Å². The quantitative estimate of drug-likeness (QED) is 0.670. The van der Waals surface area contributed by atoms with Gasteiger partial charge in [0.05, 0.1) is 18.8 Å². The molecule has 1 aliphatic heterocycles. The minimum Gasteiger partial charge on any atom is -0.493 e. The predicted molar refractivity (Wildman–Crippen MR) is 95.7 cm³/mol. The van der Waals surface area contributed by atoms with Gasteiger partial charge >= 0.3 is 5.97 Å². The van der Waals surface area contributed by atoms with Crippen LogP contribution in [-0.2, 0) is 16.0 Å². The fraction of sp³-hybridized carbons (Fsp3) is 0.200. The van der Waals surface area contributed by atoms with Crippen LogP contribution in [0.25, 0.3) is 6.08 Å². The topological polar surface area (TPSA) is 64.6 Å². The van der Waals surface area contributed by atoms with Gasteiger partial charge < -0.3 is 14.8 Å². The summed E-state index contributed by atoms with van der Waals surface area (Å²) >= 11 is 0. The van der Waals surface area contributed by atoms with Gasteiger partial charge in [-0.05, 0) is 54.5 Å². The molecule has 0 saturated carbocycles. The minimum atomic E-state index is -0.408. The molecule has 2 aromatic rings. The maximum Gasteiger partial charge on any atom is 0.338 e. The molecule has 0 aliphatic carbocycles. The number of esters is 1. The highest BCUT2D eigenvalue weighted by Crippen LogP contribution is 2.26. The Bertz CT molecular complexity index is 826. The van der Waals surface area contributed by atoms with Crippen molar-refractivity contribution in [2.45, 2.75) is 13.3 Å². The molecule has 0 bridgehead atoms. The number of amides is 1. The lowest BCUT2D eigenvalue weighted by atomic mass is 10.1. The van der Waals surface area contributed by atoms with Crippen molar-refractivity contribution in [2.75, 3.05) is 18.5 Å². The zero-order chi connectivity index (χ0) is 17.6. The van der Waals surface area contributed by atoms with Crippen LogP contribution in [0.1, 0.15) is 28.4 Å². The van der Waals surface area contributed by atoms with Gasteiger partial charge in [0.1, 0.15) is 5.75 Å². The SMILES string of the molecule is CCOC(=O)c1cccc(NC(=O)/C=C/c2ccc3c(c2)CCO3)c1. The lowest BCUT2D eigenvalue weighted by Gasteiger charge is -2.05. The molecule has 1 aliphatic rings. The summed E-state index contributed by atoms with van der Waals surface area (Å²) in [6.45, 7) is 2.77. The van der Waals surface area contributed by atoms with Gasteiger partial charge in [-0.2, -0.15) is 0 Å². The van der Waals surface area contributed by atoms with Crippen LogP contribution in [0.5, 0.6) is 5.75 Å². The molecule has 0 radical (unpaired) electrons. The second kappa shape index (κ2) is 7.66. The number of hydrogen-bond acceptors (Lipinski definition) is 4. The first kappa shape index (κ1) is 16.8. The molecule has 25 heavy (non-hydrogen) atoms. The number of nitrogens with one attached hydrogen (secondary N) is 1. The van der Waals surface area contributed by atoms with Crippen molar-refractivity contribution in [3.8, 4) is 5.75 Å². The molecule has 0 spiro atoms. The summed E-state index contributed by atoms with van der Waals surface area (Å²) < 4.78 is 10.4. The molecule has 0 atom stereocenters. The smallest absolute Gasteiger partial charge is 0.338 e. The van der Waals surface area contributed by atoms with Gasteiger partial charge in [-0.3, -0.25) is 4.79 Å². The zero-order valence-corrected chi connectivity index (χ0v) is 14.0. The van der Waals surface area contributed by atoms with E-state index in [1.807, 2.05) is 18.2 Å². The average Bonchev–Trinajstić information content (AvgIpc) is 3.08. The van der Waals surface area contributed by atoms with Crippen LogP contribution in [0.2, 0.25) is 0 Å². The number of rotatable bonds is 5. The molecule has 0 unspecified atom stereocenters. The van der Waals surface area contributed by atoms with Crippen molar-refractivity contribution in [1.29, 1.82) is 0 Å². The Balaban J connectivity index is 1.64. The van der Waals surface area contributed by atoms with Crippen molar-refractivity contribution in [3.63, 3.8) is 0 Å². The van der Waals surface area contributed by atoms with Gasteiger partial charge in [0.2, 0.25) is 5.91 Å². The first-order valence-electron chi connectivity index (χ1n) is 8.17. The molecule has 3 rings (SSSR count). The van der Waals surface area contributed by atoms with Gasteiger partial charge in [-0.25, -0.2) is 4.79 Å². The summed E-state index contributed by atoms with van der Waals surface area (Å²) in [4.78, 5) is 23.8. The van der Waals surface area contributed by atoms with Crippen molar-refractivity contribution >= 4 is 23.6 Å². The summed E-state index contributed by atoms with van der Waals surface area (Å²) in [5, 5.41) is 2.74. The number of ether oxygens (including phenoxy) is 2. The standard InChI is InChI=1S/C20H19NO4/c1-2-24-20(23)16-4-3-5-17(13-16)21-19(22)9-7-14-6-8-18-15(12-14)10-11-25-18/h3-9,12-13H,2,10-11H2,1H3,(H,21,22)/b9-7+. The van der Waals surface area contributed by atoms with Crippen molar-refractivity contribution in [3.05, 3.63) is 65.2 Å². The van der Waals surface area contributed by atoms with Crippen molar-refractivity contribution < 1.29 is 19.1 Å². The highest BCUT2D eigenvalue weighted by Gasteiger charge is 2.11. The number of hydrogen-bond donors (Lipinski definition) is 1. The molecule has 0 fully saturated rings. The van der Waals surface area contributed by atoms with E-state index in [1.54, 1.807) is 37.3 Å². The van der Waals surface area contributed by atoms with E-state index >= 15 is 0 Å². The Hall–Kier alpha value is -3.08. The molecule has 128 valence electrons. The normalized spacial score (nSPS) is 12.5. The fourth-order valence-electron chi connectivity index (χ4n) is 2.60. The molecular formula is C20H19NO4. The second-order valence-corrected chi connectivity index (χ2v) is 5.59. The number of anilines is 1. The molecule has 5 heteroatoms. The van der Waals surface area contributed by atoms with Gasteiger partial charge in [0.15, 0.2) is 0 Å². The van der Waals surface area contributed by atoms with Crippen LogP contribution >= 0.6 is 0 Å². The Morgan fingerprint density at radius 1 is 1.24 bits per heavy atom. The monoisotopic (exact) mass is 337 g/mol. The number of carbonyl (C=O) groups is 2. The van der Waals surface area contributed by atoms with Crippen molar-refractivity contribution in [2.24, 2.45) is 0 Å². The summed E-state index contributed by atoms with van der Waals surface area (Å²) in [6, 6.07) is 12.5. The van der Waals surface area contributed by atoms with Gasteiger partial charge in [-0.1, -0.05) is 12.1 Å². The number of benzene rings is 2. The van der Waals surface area contributed by atoms with Crippen LogP contribution in [-0.4, -0.2) is 25.1 Å². The highest BCUT2D eigenvalue weighted by molar-refractivity contribution is 6.02. The molecule has 1 amide bonds. The maximum atomic E-state index is 12.1. The minimum absolute atomic E-state index is 0.266. The van der Waals surface area contributed by atoms with Gasteiger partial charge in [-0.15, -0.1) is 0 Å². The average molecular weight is 337 g/mol. The van der Waals surface area contributed by atoms with E-state index < -0.39 is 5.97 Å². The largest absolute Gasteiger partial charge is 0.493 e. The third-order valence-corrected chi connectivity index (χ3v) is 3.78. The third-order valence-electron chi connectivity index (χ3n) is 3.78. The second-order valence-electron chi connectivity index (χ2n) is 5.59. The van der Waals surface area contributed by atoms with E-state index in [0.29, 0.717) is 24.5 Å². The highest BCUT2D eigenvalue weighted by atomic mass is 16.5. The van der Waals surface area contributed by atoms with E-state index in [4.69, 9.17) is 9.47 Å². The Morgan fingerprint density at radius 2 is 2.12 bits per heavy atom. The van der Waals surface area contributed by atoms with E-state index in [9.17, 15) is 9.59 Å². The number of fused-ring (bicyclic) bond motifs is 1. The molecule has 1 N–H and O–H groups in total. The van der Waals surface area contributed by atoms with E-state index in [0.717, 1.165) is 23.3 Å². The molecule has 5 nitrogen and oxygen atoms in total. The Kier molecular flexibility index (Phi) is 5.14. The van der Waals surface area contributed by atoms with E-state index in [2.05, 4.69) is 5.32 Å². The van der Waals surface area contributed by atoms with E-state index in [1.165, 1.54) is 6.08 Å². The summed E-state index contributed by atoms with van der Waals surface area (Å²) in [5.41, 5.74) is 3.05. The van der Waals surface area contributed by atoms with Crippen LogP contribution in [0, 0.1) is 0 Å². The molecule has 2 aromatic carbocycles. The Labute approximate surface area is 146 Å². The fourth-order valence-corrected chi connectivity index (χ4v) is 2.60. The molecular weight excluding hydrogens is 318 g/mol. The lowest BCUT2D eigenvalue weighted by molar-refractivity contribution is -0.111. The summed E-state index contributed by atoms with van der Waals surface area (Å²) in [7, 11) is 0. The molecule has 0 aromatic heterocycles. The van der Waals surface area contributed by atoms with Crippen LogP contribution < -0.4 is 10.1 Å². The van der Waals surface area contributed by atoms with Crippen LogP contribution in [0.4, 0.5) is 5.69 Å². The molecule has 0 saturated heterocycles.